The van der Waals surface area contributed by atoms with Gasteiger partial charge in [-0.3, -0.25) is 0 Å². The Bertz CT molecular complexity index is 323. The molecule has 0 aromatic carbocycles. The van der Waals surface area contributed by atoms with Gasteiger partial charge in [0.25, 0.3) is 0 Å². The van der Waals surface area contributed by atoms with E-state index in [-0.39, 0.29) is 0 Å². The van der Waals surface area contributed by atoms with Gasteiger partial charge in [-0.15, -0.1) is 16.7 Å². The summed E-state index contributed by atoms with van der Waals surface area (Å²) < 4.78 is 5.40. The van der Waals surface area contributed by atoms with Crippen LogP contribution < -0.4 is 5.32 Å². The van der Waals surface area contributed by atoms with Gasteiger partial charge in [0.2, 0.25) is 5.89 Å². The van der Waals surface area contributed by atoms with E-state index in [9.17, 15) is 0 Å². The van der Waals surface area contributed by atoms with Gasteiger partial charge in [-0.05, 0) is 12.3 Å². The molecule has 1 aromatic rings. The number of aromatic nitrogens is 2. The fourth-order valence-electron chi connectivity index (χ4n) is 2.37. The number of halogens is 1. The maximum absolute atomic E-state index is 5.60. The Morgan fingerprint density at radius 1 is 1.24 bits per heavy atom. The minimum atomic E-state index is 0.518. The van der Waals surface area contributed by atoms with Crippen molar-refractivity contribution < 1.29 is 4.42 Å². The predicted octanol–water partition coefficient (Wildman–Crippen LogP) is 3.23. The van der Waals surface area contributed by atoms with E-state index < -0.39 is 0 Å². The smallest absolute Gasteiger partial charge is 0.315 e. The fourth-order valence-corrected chi connectivity index (χ4v) is 2.53. The number of anilines is 1. The Morgan fingerprint density at radius 2 is 2.06 bits per heavy atom. The topological polar surface area (TPSA) is 51.0 Å². The van der Waals surface area contributed by atoms with Crippen LogP contribution in [0.3, 0.4) is 0 Å². The quantitative estimate of drug-likeness (QED) is 0.795. The lowest BCUT2D eigenvalue weighted by Gasteiger charge is -2.21. The molecule has 0 atom stereocenters. The molecule has 0 bridgehead atoms. The van der Waals surface area contributed by atoms with Crippen molar-refractivity contribution >= 4 is 17.6 Å². The van der Waals surface area contributed by atoms with Crippen LogP contribution in [0.5, 0.6) is 0 Å². The molecule has 1 N–H and O–H groups in total. The molecule has 0 saturated heterocycles. The molecule has 1 aliphatic carbocycles. The summed E-state index contributed by atoms with van der Waals surface area (Å²) in [4.78, 5) is 0. The Labute approximate surface area is 107 Å². The third kappa shape index (κ3) is 4.19. The second-order valence-electron chi connectivity index (χ2n) is 4.66. The number of rotatable bonds is 6. The molecule has 1 fully saturated rings. The summed E-state index contributed by atoms with van der Waals surface area (Å²) >= 11 is 5.60. The zero-order chi connectivity index (χ0) is 11.9. The first-order valence-corrected chi connectivity index (χ1v) is 7.04. The first-order chi connectivity index (χ1) is 8.38. The van der Waals surface area contributed by atoms with Crippen molar-refractivity contribution in [3.63, 3.8) is 0 Å². The molecule has 17 heavy (non-hydrogen) atoms. The van der Waals surface area contributed by atoms with Crippen LogP contribution in [0.15, 0.2) is 4.42 Å². The molecule has 0 radical (unpaired) electrons. The standard InChI is InChI=1S/C12H20ClN3O/c13-8-6-11-15-16-12(17-11)14-9-7-10-4-2-1-3-5-10/h10H,1-9H2,(H,14,16). The van der Waals surface area contributed by atoms with Crippen molar-refractivity contribution in [2.75, 3.05) is 17.7 Å². The van der Waals surface area contributed by atoms with Crippen LogP contribution in [0, 0.1) is 5.92 Å². The van der Waals surface area contributed by atoms with Crippen LogP contribution in [0.4, 0.5) is 6.01 Å². The van der Waals surface area contributed by atoms with Crippen molar-refractivity contribution in [3.8, 4) is 0 Å². The number of hydrogen-bond donors (Lipinski definition) is 1. The first kappa shape index (κ1) is 12.7. The fraction of sp³-hybridized carbons (Fsp3) is 0.833. The summed E-state index contributed by atoms with van der Waals surface area (Å²) in [5.41, 5.74) is 0. The minimum absolute atomic E-state index is 0.518. The Kier molecular flexibility index (Phi) is 5.10. The zero-order valence-electron chi connectivity index (χ0n) is 10.1. The number of nitrogens with zero attached hydrogens (tertiary/aromatic N) is 2. The first-order valence-electron chi connectivity index (χ1n) is 6.50. The Balaban J connectivity index is 1.66. The van der Waals surface area contributed by atoms with Crippen LogP contribution >= 0.6 is 11.6 Å². The molecular weight excluding hydrogens is 238 g/mol. The third-order valence-electron chi connectivity index (χ3n) is 3.33. The van der Waals surface area contributed by atoms with Crippen LogP contribution in [0.2, 0.25) is 0 Å². The molecule has 1 aromatic heterocycles. The largest absolute Gasteiger partial charge is 0.408 e. The molecule has 0 unspecified atom stereocenters. The second kappa shape index (κ2) is 6.84. The molecule has 1 heterocycles. The van der Waals surface area contributed by atoms with E-state index in [0.717, 1.165) is 12.5 Å². The van der Waals surface area contributed by atoms with E-state index >= 15 is 0 Å². The van der Waals surface area contributed by atoms with Crippen molar-refractivity contribution in [2.24, 2.45) is 5.92 Å². The maximum Gasteiger partial charge on any atom is 0.315 e. The predicted molar refractivity (Wildman–Crippen MR) is 68.4 cm³/mol. The summed E-state index contributed by atoms with van der Waals surface area (Å²) in [6, 6.07) is 0.529. The number of alkyl halides is 1. The average molecular weight is 258 g/mol. The van der Waals surface area contributed by atoms with E-state index in [1.54, 1.807) is 0 Å². The zero-order valence-corrected chi connectivity index (χ0v) is 10.9. The van der Waals surface area contributed by atoms with Crippen LogP contribution in [0.1, 0.15) is 44.4 Å². The summed E-state index contributed by atoms with van der Waals surface area (Å²) in [5, 5.41) is 11.0. The van der Waals surface area contributed by atoms with Gasteiger partial charge in [0, 0.05) is 18.8 Å². The highest BCUT2D eigenvalue weighted by atomic mass is 35.5. The van der Waals surface area contributed by atoms with Crippen LogP contribution in [-0.4, -0.2) is 22.6 Å². The molecule has 2 rings (SSSR count). The molecule has 1 aliphatic rings. The Morgan fingerprint density at radius 3 is 2.82 bits per heavy atom. The number of nitrogens with one attached hydrogen (secondary N) is 1. The van der Waals surface area contributed by atoms with Gasteiger partial charge in [-0.1, -0.05) is 37.2 Å². The highest BCUT2D eigenvalue weighted by Crippen LogP contribution is 2.26. The third-order valence-corrected chi connectivity index (χ3v) is 3.52. The molecule has 96 valence electrons. The molecule has 1 saturated carbocycles. The molecule has 5 heteroatoms. The summed E-state index contributed by atoms with van der Waals surface area (Å²) in [6.45, 7) is 0.924. The van der Waals surface area contributed by atoms with E-state index in [0.29, 0.717) is 24.2 Å². The van der Waals surface area contributed by atoms with Crippen molar-refractivity contribution in [2.45, 2.75) is 44.9 Å². The average Bonchev–Trinajstić information content (AvgIpc) is 2.79. The van der Waals surface area contributed by atoms with Gasteiger partial charge in [0.1, 0.15) is 0 Å². The summed E-state index contributed by atoms with van der Waals surface area (Å²) in [5.74, 6) is 2.01. The monoisotopic (exact) mass is 257 g/mol. The highest BCUT2D eigenvalue weighted by molar-refractivity contribution is 6.17. The molecule has 0 spiro atoms. The molecule has 0 amide bonds. The van der Waals surface area contributed by atoms with Gasteiger partial charge in [-0.2, -0.15) is 0 Å². The van der Waals surface area contributed by atoms with Crippen molar-refractivity contribution in [1.29, 1.82) is 0 Å². The van der Waals surface area contributed by atoms with E-state index in [1.807, 2.05) is 0 Å². The van der Waals surface area contributed by atoms with Gasteiger partial charge >= 0.3 is 6.01 Å². The van der Waals surface area contributed by atoms with Gasteiger partial charge < -0.3 is 9.73 Å². The van der Waals surface area contributed by atoms with Crippen molar-refractivity contribution in [1.82, 2.24) is 10.2 Å². The minimum Gasteiger partial charge on any atom is -0.408 e. The van der Waals surface area contributed by atoms with Crippen LogP contribution in [0.25, 0.3) is 0 Å². The Hall–Kier alpha value is -0.770. The SMILES string of the molecule is ClCCc1nnc(NCCC2CCCCC2)o1. The summed E-state index contributed by atoms with van der Waals surface area (Å²) in [7, 11) is 0. The van der Waals surface area contributed by atoms with Gasteiger partial charge in [0.15, 0.2) is 0 Å². The number of aryl methyl sites for hydroxylation is 1. The number of hydrogen-bond acceptors (Lipinski definition) is 4. The van der Waals surface area contributed by atoms with E-state index in [1.165, 1.54) is 38.5 Å². The van der Waals surface area contributed by atoms with Crippen LogP contribution in [-0.2, 0) is 6.42 Å². The highest BCUT2D eigenvalue weighted by Gasteiger charge is 2.13. The van der Waals surface area contributed by atoms with Gasteiger partial charge in [-0.25, -0.2) is 0 Å². The lowest BCUT2D eigenvalue weighted by molar-refractivity contribution is 0.344. The maximum atomic E-state index is 5.60. The van der Waals surface area contributed by atoms with E-state index in [4.69, 9.17) is 16.0 Å². The lowest BCUT2D eigenvalue weighted by Crippen LogP contribution is -2.12. The molecule has 4 nitrogen and oxygen atoms in total. The lowest BCUT2D eigenvalue weighted by atomic mass is 9.87. The normalized spacial score (nSPS) is 17.2. The van der Waals surface area contributed by atoms with Crippen molar-refractivity contribution in [3.05, 3.63) is 5.89 Å². The summed E-state index contributed by atoms with van der Waals surface area (Å²) in [6.07, 6.45) is 8.80. The molecule has 0 aliphatic heterocycles. The molecular formula is C12H20ClN3O. The second-order valence-corrected chi connectivity index (χ2v) is 5.04. The van der Waals surface area contributed by atoms with Gasteiger partial charge in [0.05, 0.1) is 0 Å². The van der Waals surface area contributed by atoms with E-state index in [2.05, 4.69) is 15.5 Å².